The largest absolute Gasteiger partial charge is 0.444 e. The van der Waals surface area contributed by atoms with Crippen LogP contribution in [0, 0.1) is 5.41 Å². The zero-order valence-corrected chi connectivity index (χ0v) is 16.7. The molecule has 0 aliphatic heterocycles. The summed E-state index contributed by atoms with van der Waals surface area (Å²) in [5, 5.41) is 13.0. The van der Waals surface area contributed by atoms with E-state index in [1.807, 2.05) is 13.8 Å². The van der Waals surface area contributed by atoms with Gasteiger partial charge in [-0.25, -0.2) is 10.3 Å². The van der Waals surface area contributed by atoms with Crippen molar-refractivity contribution < 1.29 is 19.2 Å². The third-order valence-electron chi connectivity index (χ3n) is 3.08. The standard InChI is InChI=1S/C18H29N5O4/c1-11(2)27-23-15(19)13-7-8-14(20-9-13)10-21-16(24)12(3)22-17(25)26-18(4,5)6/h7-9,11-12H,10H2,1-6H3,(H2,19,23)(H,21,24)(H,22,25)/t12-/m0/s1. The van der Waals surface area contributed by atoms with Crippen LogP contribution in [0.5, 0.6) is 0 Å². The summed E-state index contributed by atoms with van der Waals surface area (Å²) in [4.78, 5) is 33.1. The maximum atomic E-state index is 12.1. The average Bonchev–Trinajstić information content (AvgIpc) is 2.56. The van der Waals surface area contributed by atoms with E-state index in [4.69, 9.17) is 15.0 Å². The molecule has 0 saturated heterocycles. The predicted molar refractivity (Wildman–Crippen MR) is 101 cm³/mol. The second-order valence-electron chi connectivity index (χ2n) is 7.27. The Morgan fingerprint density at radius 1 is 1.22 bits per heavy atom. The van der Waals surface area contributed by atoms with E-state index >= 15 is 0 Å². The molecule has 0 radical (unpaired) electrons. The molecule has 1 aromatic heterocycles. The van der Waals surface area contributed by atoms with E-state index in [1.165, 1.54) is 6.20 Å². The van der Waals surface area contributed by atoms with Crippen molar-refractivity contribution in [3.63, 3.8) is 0 Å². The van der Waals surface area contributed by atoms with Crippen molar-refractivity contribution in [3.8, 4) is 0 Å². The maximum absolute atomic E-state index is 12.1. The molecular formula is C18H29N5O4. The van der Waals surface area contributed by atoms with E-state index in [0.29, 0.717) is 11.3 Å². The van der Waals surface area contributed by atoms with Crippen molar-refractivity contribution in [1.82, 2.24) is 21.1 Å². The number of rotatable bonds is 7. The fraction of sp³-hybridized carbons (Fsp3) is 0.556. The molecule has 4 N–H and O–H groups in total. The number of aromatic nitrogens is 1. The van der Waals surface area contributed by atoms with Crippen LogP contribution in [0.2, 0.25) is 0 Å². The summed E-state index contributed by atoms with van der Waals surface area (Å²) in [6.07, 6.45) is 0.814. The monoisotopic (exact) mass is 379 g/mol. The number of amides is 2. The SMILES string of the molecule is CC(C)ONC(=N)c1ccc(CNC(=O)[C@H](C)NC(=O)OC(C)(C)C)nc1. The highest BCUT2D eigenvalue weighted by Crippen LogP contribution is 2.07. The fourth-order valence-corrected chi connectivity index (χ4v) is 1.79. The Morgan fingerprint density at radius 3 is 2.41 bits per heavy atom. The van der Waals surface area contributed by atoms with Crippen LogP contribution in [0.15, 0.2) is 18.3 Å². The highest BCUT2D eigenvalue weighted by atomic mass is 16.7. The molecule has 0 aliphatic carbocycles. The average molecular weight is 379 g/mol. The number of hydroxylamine groups is 1. The number of pyridine rings is 1. The second-order valence-corrected chi connectivity index (χ2v) is 7.27. The lowest BCUT2D eigenvalue weighted by molar-refractivity contribution is -0.123. The van der Waals surface area contributed by atoms with Crippen LogP contribution in [-0.4, -0.2) is 40.6 Å². The molecule has 1 heterocycles. The third kappa shape index (κ3) is 9.00. The Bertz CT molecular complexity index is 653. The molecule has 9 heteroatoms. The normalized spacial score (nSPS) is 12.3. The van der Waals surface area contributed by atoms with E-state index in [0.717, 1.165) is 0 Å². The van der Waals surface area contributed by atoms with Gasteiger partial charge in [0.2, 0.25) is 5.91 Å². The minimum Gasteiger partial charge on any atom is -0.444 e. The Labute approximate surface area is 159 Å². The Morgan fingerprint density at radius 2 is 1.89 bits per heavy atom. The fourth-order valence-electron chi connectivity index (χ4n) is 1.79. The Balaban J connectivity index is 2.47. The van der Waals surface area contributed by atoms with Crippen LogP contribution in [0.25, 0.3) is 0 Å². The van der Waals surface area contributed by atoms with Crippen molar-refractivity contribution in [2.75, 3.05) is 0 Å². The minimum atomic E-state index is -0.746. The number of carbonyl (C=O) groups is 2. The summed E-state index contributed by atoms with van der Waals surface area (Å²) < 4.78 is 5.11. The van der Waals surface area contributed by atoms with Crippen LogP contribution in [0.1, 0.15) is 52.8 Å². The van der Waals surface area contributed by atoms with Gasteiger partial charge in [-0.2, -0.15) is 0 Å². The van der Waals surface area contributed by atoms with Crippen molar-refractivity contribution >= 4 is 17.8 Å². The number of hydrogen-bond acceptors (Lipinski definition) is 6. The second kappa shape index (κ2) is 9.86. The predicted octanol–water partition coefficient (Wildman–Crippen LogP) is 1.87. The first-order valence-corrected chi connectivity index (χ1v) is 8.70. The highest BCUT2D eigenvalue weighted by molar-refractivity contribution is 5.95. The molecule has 0 saturated carbocycles. The molecular weight excluding hydrogens is 350 g/mol. The van der Waals surface area contributed by atoms with Gasteiger partial charge in [-0.05, 0) is 53.7 Å². The number of ether oxygens (including phenoxy) is 1. The van der Waals surface area contributed by atoms with Crippen molar-refractivity contribution in [2.24, 2.45) is 0 Å². The first kappa shape index (κ1) is 22.4. The van der Waals surface area contributed by atoms with Crippen molar-refractivity contribution in [3.05, 3.63) is 29.6 Å². The molecule has 0 unspecified atom stereocenters. The van der Waals surface area contributed by atoms with Gasteiger partial charge in [-0.3, -0.25) is 20.0 Å². The van der Waals surface area contributed by atoms with E-state index in [9.17, 15) is 9.59 Å². The van der Waals surface area contributed by atoms with Gasteiger partial charge < -0.3 is 15.4 Å². The summed E-state index contributed by atoms with van der Waals surface area (Å²) in [6.45, 7) is 10.7. The summed E-state index contributed by atoms with van der Waals surface area (Å²) in [5.41, 5.74) is 3.09. The van der Waals surface area contributed by atoms with Gasteiger partial charge in [0.1, 0.15) is 11.6 Å². The molecule has 1 atom stereocenters. The van der Waals surface area contributed by atoms with Crippen LogP contribution >= 0.6 is 0 Å². The van der Waals surface area contributed by atoms with Crippen molar-refractivity contribution in [1.29, 1.82) is 5.41 Å². The minimum absolute atomic E-state index is 0.0518. The molecule has 0 spiro atoms. The summed E-state index contributed by atoms with van der Waals surface area (Å²) in [6, 6.07) is 2.66. The lowest BCUT2D eigenvalue weighted by atomic mass is 10.2. The first-order valence-electron chi connectivity index (χ1n) is 8.70. The number of alkyl carbamates (subject to hydrolysis) is 1. The lowest BCUT2D eigenvalue weighted by Gasteiger charge is -2.21. The maximum Gasteiger partial charge on any atom is 0.408 e. The summed E-state index contributed by atoms with van der Waals surface area (Å²) in [5.74, 6) is -0.256. The lowest BCUT2D eigenvalue weighted by Crippen LogP contribution is -2.46. The molecule has 27 heavy (non-hydrogen) atoms. The quantitative estimate of drug-likeness (QED) is 0.325. The molecule has 1 aromatic rings. The first-order chi connectivity index (χ1) is 12.5. The number of hydrogen-bond donors (Lipinski definition) is 4. The molecule has 0 bridgehead atoms. The van der Waals surface area contributed by atoms with Crippen LogP contribution in [0.3, 0.4) is 0 Å². The van der Waals surface area contributed by atoms with Gasteiger partial charge in [-0.1, -0.05) is 0 Å². The number of nitrogens with one attached hydrogen (secondary N) is 4. The summed E-state index contributed by atoms with van der Waals surface area (Å²) >= 11 is 0. The zero-order chi connectivity index (χ0) is 20.6. The topological polar surface area (TPSA) is 125 Å². The van der Waals surface area contributed by atoms with Gasteiger partial charge in [0.15, 0.2) is 5.84 Å². The molecule has 0 fully saturated rings. The molecule has 1 rings (SSSR count). The number of amidine groups is 1. The van der Waals surface area contributed by atoms with E-state index in [-0.39, 0.29) is 24.4 Å². The number of carbonyl (C=O) groups excluding carboxylic acids is 2. The van der Waals surface area contributed by atoms with Crippen LogP contribution in [-0.2, 0) is 20.9 Å². The highest BCUT2D eigenvalue weighted by Gasteiger charge is 2.20. The molecule has 150 valence electrons. The van der Waals surface area contributed by atoms with E-state index < -0.39 is 17.7 Å². The smallest absolute Gasteiger partial charge is 0.408 e. The molecule has 2 amide bonds. The third-order valence-corrected chi connectivity index (χ3v) is 3.08. The van der Waals surface area contributed by atoms with Gasteiger partial charge >= 0.3 is 6.09 Å². The van der Waals surface area contributed by atoms with Crippen molar-refractivity contribution in [2.45, 2.75) is 65.8 Å². The van der Waals surface area contributed by atoms with Crippen LogP contribution in [0.4, 0.5) is 4.79 Å². The molecule has 0 aromatic carbocycles. The van der Waals surface area contributed by atoms with Gasteiger partial charge in [-0.15, -0.1) is 0 Å². The number of nitrogens with zero attached hydrogens (tertiary/aromatic N) is 1. The van der Waals surface area contributed by atoms with Gasteiger partial charge in [0, 0.05) is 11.8 Å². The van der Waals surface area contributed by atoms with Gasteiger partial charge in [0.25, 0.3) is 0 Å². The Kier molecular flexibility index (Phi) is 8.17. The zero-order valence-electron chi connectivity index (χ0n) is 16.7. The van der Waals surface area contributed by atoms with E-state index in [1.54, 1.807) is 39.8 Å². The Hall–Kier alpha value is -2.68. The van der Waals surface area contributed by atoms with Crippen LogP contribution < -0.4 is 16.1 Å². The molecule has 0 aliphatic rings. The summed E-state index contributed by atoms with van der Waals surface area (Å²) in [7, 11) is 0. The molecule has 9 nitrogen and oxygen atoms in total. The van der Waals surface area contributed by atoms with E-state index in [2.05, 4.69) is 21.1 Å². The van der Waals surface area contributed by atoms with Gasteiger partial charge in [0.05, 0.1) is 18.3 Å².